The summed E-state index contributed by atoms with van der Waals surface area (Å²) in [7, 11) is 1.26. The first-order valence-electron chi connectivity index (χ1n) is 5.12. The number of nitrogens with one attached hydrogen (secondary N) is 1. The molecule has 1 amide bonds. The molecule has 0 saturated carbocycles. The molecule has 6 nitrogen and oxygen atoms in total. The minimum Gasteiger partial charge on any atom is -0.452 e. The molecule has 0 fully saturated rings. The van der Waals surface area contributed by atoms with Crippen LogP contribution in [0.25, 0.3) is 0 Å². The van der Waals surface area contributed by atoms with Crippen molar-refractivity contribution in [3.05, 3.63) is 29.3 Å². The van der Waals surface area contributed by atoms with Crippen LogP contribution in [0.15, 0.2) is 29.4 Å². The summed E-state index contributed by atoms with van der Waals surface area (Å²) in [4.78, 5) is 11.2. The highest BCUT2D eigenvalue weighted by molar-refractivity contribution is 6.30. The van der Waals surface area contributed by atoms with Crippen LogP contribution in [0.4, 0.5) is 10.5 Å². The first-order chi connectivity index (χ1) is 8.56. The maximum Gasteiger partial charge on any atom is 0.425 e. The Balaban J connectivity index is 2.92. The molecule has 2 N–H and O–H groups in total. The van der Waals surface area contributed by atoms with Gasteiger partial charge < -0.3 is 9.94 Å². The van der Waals surface area contributed by atoms with Crippen LogP contribution < -0.4 is 10.4 Å². The van der Waals surface area contributed by atoms with Crippen molar-refractivity contribution in [2.75, 3.05) is 18.7 Å². The van der Waals surface area contributed by atoms with Crippen molar-refractivity contribution < 1.29 is 14.7 Å². The molecule has 0 bridgehead atoms. The van der Waals surface area contributed by atoms with Crippen molar-refractivity contribution in [1.82, 2.24) is 5.43 Å². The van der Waals surface area contributed by atoms with E-state index in [1.807, 2.05) is 0 Å². The van der Waals surface area contributed by atoms with Crippen molar-refractivity contribution >= 4 is 29.1 Å². The monoisotopic (exact) mass is 271 g/mol. The van der Waals surface area contributed by atoms with Crippen molar-refractivity contribution in [2.24, 2.45) is 5.16 Å². The van der Waals surface area contributed by atoms with E-state index in [4.69, 9.17) is 16.8 Å². The number of oxime groups is 1. The number of nitrogens with zero attached hydrogens (tertiary/aromatic N) is 2. The van der Waals surface area contributed by atoms with Crippen LogP contribution in [0.1, 0.15) is 6.92 Å². The lowest BCUT2D eigenvalue weighted by Gasteiger charge is -2.24. The van der Waals surface area contributed by atoms with Gasteiger partial charge in [0, 0.05) is 5.02 Å². The molecule has 98 valence electrons. The SMILES string of the molecule is COC(=O)NN(C/C(C)=N/O)c1cccc(Cl)c1. The summed E-state index contributed by atoms with van der Waals surface area (Å²) in [5, 5.41) is 13.7. The lowest BCUT2D eigenvalue weighted by atomic mass is 10.3. The van der Waals surface area contributed by atoms with Gasteiger partial charge in [0.05, 0.1) is 25.1 Å². The van der Waals surface area contributed by atoms with Crippen molar-refractivity contribution in [2.45, 2.75) is 6.92 Å². The predicted molar refractivity (Wildman–Crippen MR) is 69.2 cm³/mol. The summed E-state index contributed by atoms with van der Waals surface area (Å²) >= 11 is 5.88. The Morgan fingerprint density at radius 2 is 2.33 bits per heavy atom. The Morgan fingerprint density at radius 3 is 2.89 bits per heavy atom. The summed E-state index contributed by atoms with van der Waals surface area (Å²) in [5.41, 5.74) is 3.57. The Bertz CT molecular complexity index is 451. The average Bonchev–Trinajstić information content (AvgIpc) is 2.37. The largest absolute Gasteiger partial charge is 0.452 e. The third kappa shape index (κ3) is 4.14. The Morgan fingerprint density at radius 1 is 1.61 bits per heavy atom. The van der Waals surface area contributed by atoms with Gasteiger partial charge in [0.2, 0.25) is 0 Å². The van der Waals surface area contributed by atoms with Gasteiger partial charge in [0.15, 0.2) is 0 Å². The van der Waals surface area contributed by atoms with E-state index in [1.165, 1.54) is 12.1 Å². The summed E-state index contributed by atoms with van der Waals surface area (Å²) in [5.74, 6) is 0. The molecule has 0 aliphatic heterocycles. The Hall–Kier alpha value is -1.95. The molecule has 0 saturated heterocycles. The lowest BCUT2D eigenvalue weighted by molar-refractivity contribution is 0.170. The standard InChI is InChI=1S/C11H14ClN3O3/c1-8(14-17)7-15(13-11(16)18-2)10-5-3-4-9(12)6-10/h3-6,17H,7H2,1-2H3,(H,13,16)/b14-8+. The van der Waals surface area contributed by atoms with E-state index < -0.39 is 6.09 Å². The highest BCUT2D eigenvalue weighted by atomic mass is 35.5. The second kappa shape index (κ2) is 6.70. The quantitative estimate of drug-likeness (QED) is 0.500. The third-order valence-electron chi connectivity index (χ3n) is 2.09. The van der Waals surface area contributed by atoms with E-state index in [2.05, 4.69) is 15.3 Å². The summed E-state index contributed by atoms with van der Waals surface area (Å²) < 4.78 is 4.52. The van der Waals surface area contributed by atoms with Gasteiger partial charge >= 0.3 is 6.09 Å². The van der Waals surface area contributed by atoms with E-state index >= 15 is 0 Å². The molecule has 7 heteroatoms. The zero-order valence-corrected chi connectivity index (χ0v) is 10.8. The van der Waals surface area contributed by atoms with Crippen LogP contribution in [0.3, 0.4) is 0 Å². The summed E-state index contributed by atoms with van der Waals surface area (Å²) in [6, 6.07) is 6.89. The van der Waals surface area contributed by atoms with Crippen LogP contribution >= 0.6 is 11.6 Å². The topological polar surface area (TPSA) is 74.2 Å². The molecule has 1 aromatic carbocycles. The molecular formula is C11H14ClN3O3. The smallest absolute Gasteiger partial charge is 0.425 e. The fourth-order valence-corrected chi connectivity index (χ4v) is 1.44. The number of hydrogen-bond donors (Lipinski definition) is 2. The fourth-order valence-electron chi connectivity index (χ4n) is 1.26. The van der Waals surface area contributed by atoms with Gasteiger partial charge in [0.25, 0.3) is 0 Å². The number of hydrazine groups is 1. The van der Waals surface area contributed by atoms with Crippen molar-refractivity contribution in [3.63, 3.8) is 0 Å². The summed E-state index contributed by atoms with van der Waals surface area (Å²) in [6.45, 7) is 1.82. The zero-order valence-electron chi connectivity index (χ0n) is 10.1. The van der Waals surface area contributed by atoms with E-state index in [0.29, 0.717) is 16.4 Å². The van der Waals surface area contributed by atoms with E-state index in [-0.39, 0.29) is 6.54 Å². The number of methoxy groups -OCH3 is 1. The van der Waals surface area contributed by atoms with Gasteiger partial charge in [0.1, 0.15) is 0 Å². The van der Waals surface area contributed by atoms with E-state index in [1.54, 1.807) is 31.2 Å². The fraction of sp³-hybridized carbons (Fsp3) is 0.273. The highest BCUT2D eigenvalue weighted by Crippen LogP contribution is 2.18. The Labute approximate surface area is 110 Å². The maximum atomic E-state index is 11.2. The molecule has 0 aliphatic rings. The molecule has 1 rings (SSSR count). The van der Waals surface area contributed by atoms with Crippen LogP contribution in [-0.2, 0) is 4.74 Å². The minimum absolute atomic E-state index is 0.200. The van der Waals surface area contributed by atoms with Gasteiger partial charge in [-0.2, -0.15) is 0 Å². The molecule has 18 heavy (non-hydrogen) atoms. The molecule has 0 aliphatic carbocycles. The summed E-state index contributed by atoms with van der Waals surface area (Å²) in [6.07, 6.45) is -0.624. The van der Waals surface area contributed by atoms with Gasteiger partial charge in [-0.25, -0.2) is 10.2 Å². The number of anilines is 1. The van der Waals surface area contributed by atoms with E-state index in [9.17, 15) is 4.79 Å². The highest BCUT2D eigenvalue weighted by Gasteiger charge is 2.12. The van der Waals surface area contributed by atoms with Crippen LogP contribution in [0, 0.1) is 0 Å². The number of carbonyl (C=O) groups is 1. The molecule has 0 aromatic heterocycles. The molecule has 0 spiro atoms. The van der Waals surface area contributed by atoms with Gasteiger partial charge in [-0.1, -0.05) is 22.8 Å². The first kappa shape index (κ1) is 14.1. The predicted octanol–water partition coefficient (Wildman–Crippen LogP) is 2.27. The van der Waals surface area contributed by atoms with E-state index in [0.717, 1.165) is 0 Å². The third-order valence-corrected chi connectivity index (χ3v) is 2.32. The average molecular weight is 272 g/mol. The number of ether oxygens (including phenoxy) is 1. The van der Waals surface area contributed by atoms with Gasteiger partial charge in [-0.3, -0.25) is 5.01 Å². The number of amides is 1. The second-order valence-corrected chi connectivity index (χ2v) is 3.94. The van der Waals surface area contributed by atoms with Crippen LogP contribution in [0.2, 0.25) is 5.02 Å². The number of rotatable bonds is 4. The number of carbonyl (C=O) groups excluding carboxylic acids is 1. The van der Waals surface area contributed by atoms with Crippen molar-refractivity contribution in [3.8, 4) is 0 Å². The zero-order chi connectivity index (χ0) is 13.5. The number of hydrogen-bond acceptors (Lipinski definition) is 5. The molecule has 1 aromatic rings. The molecular weight excluding hydrogens is 258 g/mol. The minimum atomic E-state index is -0.624. The normalized spacial score (nSPS) is 10.9. The molecule has 0 heterocycles. The lowest BCUT2D eigenvalue weighted by Crippen LogP contribution is -2.44. The first-order valence-corrected chi connectivity index (χ1v) is 5.50. The second-order valence-electron chi connectivity index (χ2n) is 3.50. The van der Waals surface area contributed by atoms with Crippen LogP contribution in [0.5, 0.6) is 0 Å². The van der Waals surface area contributed by atoms with Gasteiger partial charge in [-0.15, -0.1) is 0 Å². The molecule has 0 radical (unpaired) electrons. The number of halogens is 1. The van der Waals surface area contributed by atoms with Crippen molar-refractivity contribution in [1.29, 1.82) is 0 Å². The molecule has 0 unspecified atom stereocenters. The van der Waals surface area contributed by atoms with Crippen LogP contribution in [-0.4, -0.2) is 30.7 Å². The number of benzene rings is 1. The molecule has 0 atom stereocenters. The maximum absolute atomic E-state index is 11.2. The Kier molecular flexibility index (Phi) is 5.26. The van der Waals surface area contributed by atoms with Gasteiger partial charge in [-0.05, 0) is 25.1 Å².